The van der Waals surface area contributed by atoms with Crippen LogP contribution in [0.5, 0.6) is 5.19 Å². The lowest BCUT2D eigenvalue weighted by Gasteiger charge is -2.12. The summed E-state index contributed by atoms with van der Waals surface area (Å²) >= 11 is 2.73. The third-order valence-electron chi connectivity index (χ3n) is 3.42. The lowest BCUT2D eigenvalue weighted by Crippen LogP contribution is -2.22. The largest absolute Gasteiger partial charge is 0.466 e. The standard InChI is InChI=1S/C18H19N3O2S2/c1-11(2)23-17-20-21-18(25-17)24-12(3)16(22)19-15-10-6-8-13-7-4-5-9-14(13)15/h4-12H,1-3H3,(H,19,22). The van der Waals surface area contributed by atoms with Gasteiger partial charge in [-0.15, -0.1) is 5.10 Å². The Balaban J connectivity index is 1.67. The molecule has 1 unspecified atom stereocenters. The van der Waals surface area contributed by atoms with Crippen LogP contribution in [0.25, 0.3) is 10.8 Å². The molecule has 25 heavy (non-hydrogen) atoms. The number of carbonyl (C=O) groups excluding carboxylic acids is 1. The summed E-state index contributed by atoms with van der Waals surface area (Å²) < 4.78 is 6.23. The maximum Gasteiger partial charge on any atom is 0.295 e. The maximum atomic E-state index is 12.5. The molecule has 3 rings (SSSR count). The number of aromatic nitrogens is 2. The Bertz CT molecular complexity index is 874. The normalized spacial score (nSPS) is 12.3. The first-order valence-corrected chi connectivity index (χ1v) is 9.68. The summed E-state index contributed by atoms with van der Waals surface area (Å²) in [4.78, 5) is 12.5. The van der Waals surface area contributed by atoms with Crippen molar-refractivity contribution in [3.05, 3.63) is 42.5 Å². The molecule has 3 aromatic rings. The van der Waals surface area contributed by atoms with Crippen LogP contribution in [0.15, 0.2) is 46.8 Å². The van der Waals surface area contributed by atoms with Crippen molar-refractivity contribution in [3.63, 3.8) is 0 Å². The minimum absolute atomic E-state index is 0.0536. The SMILES string of the molecule is CC(C)Oc1nnc(SC(C)C(=O)Nc2cccc3ccccc23)s1. The van der Waals surface area contributed by atoms with E-state index in [-0.39, 0.29) is 17.3 Å². The molecule has 0 saturated carbocycles. The summed E-state index contributed by atoms with van der Waals surface area (Å²) in [5, 5.41) is 13.4. The highest BCUT2D eigenvalue weighted by molar-refractivity contribution is 8.02. The van der Waals surface area contributed by atoms with Crippen molar-refractivity contribution in [2.45, 2.75) is 36.5 Å². The molecule has 0 aliphatic carbocycles. The molecular weight excluding hydrogens is 354 g/mol. The van der Waals surface area contributed by atoms with Crippen LogP contribution < -0.4 is 10.1 Å². The molecule has 7 heteroatoms. The average Bonchev–Trinajstić information content (AvgIpc) is 3.01. The van der Waals surface area contributed by atoms with Crippen LogP contribution in [0.4, 0.5) is 5.69 Å². The number of thioether (sulfide) groups is 1. The summed E-state index contributed by atoms with van der Waals surface area (Å²) in [6, 6.07) is 13.9. The number of benzene rings is 2. The summed E-state index contributed by atoms with van der Waals surface area (Å²) in [6.45, 7) is 5.73. The molecule has 130 valence electrons. The van der Waals surface area contributed by atoms with E-state index in [9.17, 15) is 4.79 Å². The second kappa shape index (κ2) is 7.84. The van der Waals surface area contributed by atoms with Gasteiger partial charge in [0.05, 0.1) is 11.4 Å². The van der Waals surface area contributed by atoms with Crippen LogP contribution in [0.3, 0.4) is 0 Å². The summed E-state index contributed by atoms with van der Waals surface area (Å²) in [7, 11) is 0. The number of carbonyl (C=O) groups is 1. The first-order chi connectivity index (χ1) is 12.0. The molecule has 0 fully saturated rings. The van der Waals surface area contributed by atoms with Gasteiger partial charge in [-0.3, -0.25) is 4.79 Å². The quantitative estimate of drug-likeness (QED) is 0.640. The van der Waals surface area contributed by atoms with Gasteiger partial charge in [-0.2, -0.15) is 0 Å². The molecule has 1 heterocycles. The van der Waals surface area contributed by atoms with E-state index in [1.54, 1.807) is 0 Å². The van der Waals surface area contributed by atoms with Crippen molar-refractivity contribution in [2.75, 3.05) is 5.32 Å². The Hall–Kier alpha value is -2.12. The molecule has 0 saturated heterocycles. The van der Waals surface area contributed by atoms with E-state index in [1.165, 1.54) is 23.1 Å². The van der Waals surface area contributed by atoms with Gasteiger partial charge in [0.1, 0.15) is 0 Å². The van der Waals surface area contributed by atoms with E-state index in [0.29, 0.717) is 5.19 Å². The van der Waals surface area contributed by atoms with E-state index < -0.39 is 0 Å². The van der Waals surface area contributed by atoms with Crippen molar-refractivity contribution < 1.29 is 9.53 Å². The van der Waals surface area contributed by atoms with E-state index >= 15 is 0 Å². The first kappa shape index (κ1) is 17.7. The molecule has 0 bridgehead atoms. The van der Waals surface area contributed by atoms with Crippen molar-refractivity contribution in [2.24, 2.45) is 0 Å². The third-order valence-corrected chi connectivity index (χ3v) is 5.42. The van der Waals surface area contributed by atoms with Crippen molar-refractivity contribution in [1.29, 1.82) is 0 Å². The lowest BCUT2D eigenvalue weighted by molar-refractivity contribution is -0.115. The van der Waals surface area contributed by atoms with Gasteiger partial charge in [0.15, 0.2) is 4.34 Å². The molecule has 2 aromatic carbocycles. The Morgan fingerprint density at radius 1 is 1.12 bits per heavy atom. The Labute approximate surface area is 154 Å². The van der Waals surface area contributed by atoms with E-state index in [1.807, 2.05) is 63.2 Å². The second-order valence-electron chi connectivity index (χ2n) is 5.78. The van der Waals surface area contributed by atoms with Crippen LogP contribution in [0.2, 0.25) is 0 Å². The van der Waals surface area contributed by atoms with Gasteiger partial charge < -0.3 is 10.1 Å². The molecule has 5 nitrogen and oxygen atoms in total. The molecule has 1 aromatic heterocycles. The van der Waals surface area contributed by atoms with Gasteiger partial charge in [0.2, 0.25) is 5.91 Å². The van der Waals surface area contributed by atoms with Crippen LogP contribution in [-0.4, -0.2) is 27.5 Å². The van der Waals surface area contributed by atoms with Gasteiger partial charge in [0.25, 0.3) is 5.19 Å². The molecule has 0 aliphatic rings. The Kier molecular flexibility index (Phi) is 5.55. The van der Waals surface area contributed by atoms with Crippen LogP contribution in [-0.2, 0) is 4.79 Å². The molecule has 1 atom stereocenters. The molecule has 0 aliphatic heterocycles. The van der Waals surface area contributed by atoms with Crippen molar-refractivity contribution >= 4 is 45.5 Å². The number of hydrogen-bond acceptors (Lipinski definition) is 6. The summed E-state index contributed by atoms with van der Waals surface area (Å²) in [6.07, 6.45) is 0.0536. The molecular formula is C18H19N3O2S2. The van der Waals surface area contributed by atoms with Gasteiger partial charge in [-0.25, -0.2) is 0 Å². The number of nitrogens with one attached hydrogen (secondary N) is 1. The van der Waals surface area contributed by atoms with Gasteiger partial charge >= 0.3 is 0 Å². The van der Waals surface area contributed by atoms with E-state index in [0.717, 1.165) is 20.8 Å². The third kappa shape index (κ3) is 4.49. The number of hydrogen-bond donors (Lipinski definition) is 1. The molecule has 0 spiro atoms. The van der Waals surface area contributed by atoms with Crippen molar-refractivity contribution in [3.8, 4) is 5.19 Å². The Morgan fingerprint density at radius 2 is 1.88 bits per heavy atom. The summed E-state index contributed by atoms with van der Waals surface area (Å²) in [5.74, 6) is -0.0668. The van der Waals surface area contributed by atoms with Crippen LogP contribution in [0.1, 0.15) is 20.8 Å². The minimum Gasteiger partial charge on any atom is -0.466 e. The predicted octanol–water partition coefficient (Wildman–Crippen LogP) is 4.60. The van der Waals surface area contributed by atoms with Crippen molar-refractivity contribution in [1.82, 2.24) is 10.2 Å². The Morgan fingerprint density at radius 3 is 2.68 bits per heavy atom. The van der Waals surface area contributed by atoms with Gasteiger partial charge in [0, 0.05) is 11.1 Å². The average molecular weight is 374 g/mol. The molecule has 0 radical (unpaired) electrons. The highest BCUT2D eigenvalue weighted by atomic mass is 32.2. The number of anilines is 1. The second-order valence-corrected chi connectivity index (χ2v) is 8.30. The lowest BCUT2D eigenvalue weighted by atomic mass is 10.1. The number of rotatable bonds is 6. The zero-order valence-corrected chi connectivity index (χ0v) is 15.9. The zero-order valence-electron chi connectivity index (χ0n) is 14.2. The number of nitrogens with zero attached hydrogens (tertiary/aromatic N) is 2. The highest BCUT2D eigenvalue weighted by Gasteiger charge is 2.18. The molecule has 1 N–H and O–H groups in total. The highest BCUT2D eigenvalue weighted by Crippen LogP contribution is 2.31. The fourth-order valence-electron chi connectivity index (χ4n) is 2.27. The minimum atomic E-state index is -0.293. The number of fused-ring (bicyclic) bond motifs is 1. The van der Waals surface area contributed by atoms with Crippen LogP contribution >= 0.6 is 23.1 Å². The first-order valence-electron chi connectivity index (χ1n) is 7.98. The fourth-order valence-corrected chi connectivity index (χ4v) is 4.22. The maximum absolute atomic E-state index is 12.5. The topological polar surface area (TPSA) is 64.1 Å². The number of amides is 1. The fraction of sp³-hybridized carbons (Fsp3) is 0.278. The van der Waals surface area contributed by atoms with Gasteiger partial charge in [-0.05, 0) is 43.6 Å². The zero-order chi connectivity index (χ0) is 17.8. The monoisotopic (exact) mass is 373 g/mol. The van der Waals surface area contributed by atoms with Crippen LogP contribution in [0, 0.1) is 0 Å². The van der Waals surface area contributed by atoms with Gasteiger partial charge in [-0.1, -0.05) is 53.3 Å². The van der Waals surface area contributed by atoms with E-state index in [4.69, 9.17) is 4.74 Å². The predicted molar refractivity (Wildman–Crippen MR) is 104 cm³/mol. The summed E-state index contributed by atoms with van der Waals surface area (Å²) in [5.41, 5.74) is 0.816. The number of ether oxygens (including phenoxy) is 1. The van der Waals surface area contributed by atoms with E-state index in [2.05, 4.69) is 15.5 Å². The molecule has 1 amide bonds. The smallest absolute Gasteiger partial charge is 0.295 e.